The summed E-state index contributed by atoms with van der Waals surface area (Å²) in [4.78, 5) is 29.6. The molecule has 0 aliphatic rings. The topological polar surface area (TPSA) is 95.7 Å². The molecule has 168 valence electrons. The quantitative estimate of drug-likeness (QED) is 0.270. The van der Waals surface area contributed by atoms with E-state index in [-0.39, 0.29) is 24.2 Å². The van der Waals surface area contributed by atoms with E-state index in [4.69, 9.17) is 0 Å². The molecule has 0 aliphatic carbocycles. The number of hydrogen-bond donors (Lipinski definition) is 0. The van der Waals surface area contributed by atoms with Gasteiger partial charge in [0.25, 0.3) is 0 Å². The van der Waals surface area contributed by atoms with Crippen molar-refractivity contribution in [1.29, 1.82) is 0 Å². The second-order valence-electron chi connectivity index (χ2n) is 5.11. The molecule has 15 heteroatoms. The van der Waals surface area contributed by atoms with E-state index < -0.39 is 52.0 Å². The lowest BCUT2D eigenvalue weighted by atomic mass is 10.2. The Hall–Kier alpha value is -3.78. The first-order valence-corrected chi connectivity index (χ1v) is 7.36. The van der Waals surface area contributed by atoms with E-state index in [1.807, 2.05) is 0 Å². The van der Waals surface area contributed by atoms with Crippen molar-refractivity contribution in [1.82, 2.24) is 0 Å². The molecule has 0 heterocycles. The molecule has 0 unspecified atom stereocenters. The Labute approximate surface area is 165 Å². The number of carbonyl (C=O) groups excluding carboxylic acids is 2. The van der Waals surface area contributed by atoms with Gasteiger partial charge in [-0.2, -0.15) is 0 Å². The van der Waals surface area contributed by atoms with Crippen LogP contribution in [0.25, 0.3) is 0 Å². The highest BCUT2D eigenvalue weighted by Crippen LogP contribution is 2.33. The van der Waals surface area contributed by atoms with E-state index >= 15 is 0 Å². The van der Waals surface area contributed by atoms with Gasteiger partial charge in [0, 0.05) is 18.2 Å². The van der Waals surface area contributed by atoms with Crippen molar-refractivity contribution in [3.05, 3.63) is 63.2 Å². The third-order valence-electron chi connectivity index (χ3n) is 2.96. The number of nitro groups is 1. The molecular formula is C16H7F8NO6. The van der Waals surface area contributed by atoms with Gasteiger partial charge in [0.2, 0.25) is 5.75 Å². The summed E-state index contributed by atoms with van der Waals surface area (Å²) in [5.41, 5.74) is -2.20. The molecule has 0 aromatic heterocycles. The summed E-state index contributed by atoms with van der Waals surface area (Å²) in [6, 6.07) is 2.76. The summed E-state index contributed by atoms with van der Waals surface area (Å²) in [6.45, 7) is 0. The molecule has 2 aromatic carbocycles. The number of aldehydes is 2. The lowest BCUT2D eigenvalue weighted by Crippen LogP contribution is -2.18. The summed E-state index contributed by atoms with van der Waals surface area (Å²) in [5.74, 6) is -4.40. The number of rotatable bonds is 5. The minimum absolute atomic E-state index is 0.0559. The highest BCUT2D eigenvalue weighted by Gasteiger charge is 2.35. The van der Waals surface area contributed by atoms with Gasteiger partial charge in [-0.1, -0.05) is 0 Å². The van der Waals surface area contributed by atoms with Crippen LogP contribution >= 0.6 is 0 Å². The molecule has 0 saturated carbocycles. The van der Waals surface area contributed by atoms with Crippen molar-refractivity contribution in [2.75, 3.05) is 0 Å². The van der Waals surface area contributed by atoms with Crippen molar-refractivity contribution in [2.24, 2.45) is 0 Å². The van der Waals surface area contributed by atoms with E-state index in [1.165, 1.54) is 0 Å². The van der Waals surface area contributed by atoms with Gasteiger partial charge in [0.05, 0.1) is 16.1 Å². The smallest absolute Gasteiger partial charge is 0.406 e. The Balaban J connectivity index is 0.000000316. The zero-order chi connectivity index (χ0) is 24.0. The van der Waals surface area contributed by atoms with Crippen molar-refractivity contribution in [3.8, 4) is 11.5 Å². The van der Waals surface area contributed by atoms with Crippen LogP contribution in [0.4, 0.5) is 40.8 Å². The number of carbonyl (C=O) groups is 2. The largest absolute Gasteiger partial charge is 0.573 e. The van der Waals surface area contributed by atoms with Gasteiger partial charge in [0.1, 0.15) is 17.4 Å². The number of alkyl halides is 6. The SMILES string of the molecule is O=Cc1cc([N+](=O)[O-])c(OC(F)(F)F)cc1F.O=Cc1ccc(OC(F)(F)F)cc1F. The van der Waals surface area contributed by atoms with Gasteiger partial charge in [-0.25, -0.2) is 8.78 Å². The van der Waals surface area contributed by atoms with Crippen LogP contribution in [0.5, 0.6) is 11.5 Å². The van der Waals surface area contributed by atoms with Crippen molar-refractivity contribution in [2.45, 2.75) is 12.7 Å². The first-order valence-electron chi connectivity index (χ1n) is 7.36. The fourth-order valence-corrected chi connectivity index (χ4v) is 1.80. The second-order valence-corrected chi connectivity index (χ2v) is 5.11. The molecule has 0 fully saturated rings. The molecule has 0 radical (unpaired) electrons. The highest BCUT2D eigenvalue weighted by molar-refractivity contribution is 5.77. The van der Waals surface area contributed by atoms with Gasteiger partial charge in [-0.3, -0.25) is 19.7 Å². The summed E-state index contributed by atoms with van der Waals surface area (Å²) in [6.07, 6.45) is -9.92. The summed E-state index contributed by atoms with van der Waals surface area (Å²) in [5, 5.41) is 10.4. The van der Waals surface area contributed by atoms with Gasteiger partial charge in [0.15, 0.2) is 12.6 Å². The molecule has 0 N–H and O–H groups in total. The minimum Gasteiger partial charge on any atom is -0.406 e. The maximum absolute atomic E-state index is 13.0. The summed E-state index contributed by atoms with van der Waals surface area (Å²) in [7, 11) is 0. The van der Waals surface area contributed by atoms with E-state index in [1.54, 1.807) is 0 Å². The highest BCUT2D eigenvalue weighted by atomic mass is 19.4. The molecule has 31 heavy (non-hydrogen) atoms. The predicted molar refractivity (Wildman–Crippen MR) is 83.6 cm³/mol. The maximum Gasteiger partial charge on any atom is 0.573 e. The van der Waals surface area contributed by atoms with Crippen LogP contribution in [-0.2, 0) is 0 Å². The standard InChI is InChI=1S/C8H3F4NO4.C8H4F4O2/c9-5-2-7(17-8(10,11)12)6(13(15)16)1-4(5)3-14;9-7-3-6(14-8(10,11)12)2-1-5(7)4-13/h1-3H;1-4H. The van der Waals surface area contributed by atoms with Crippen molar-refractivity contribution >= 4 is 18.3 Å². The number of nitrogens with zero attached hydrogens (tertiary/aromatic N) is 1. The monoisotopic (exact) mass is 461 g/mol. The number of hydrogen-bond acceptors (Lipinski definition) is 6. The summed E-state index contributed by atoms with van der Waals surface area (Å²) >= 11 is 0. The molecule has 0 atom stereocenters. The molecule has 0 saturated heterocycles. The second kappa shape index (κ2) is 9.82. The number of nitro benzene ring substituents is 1. The Morgan fingerprint density at radius 1 is 0.806 bits per heavy atom. The molecule has 0 spiro atoms. The zero-order valence-electron chi connectivity index (χ0n) is 14.5. The van der Waals surface area contributed by atoms with E-state index in [0.29, 0.717) is 12.1 Å². The fraction of sp³-hybridized carbons (Fsp3) is 0.125. The third-order valence-corrected chi connectivity index (χ3v) is 2.96. The lowest BCUT2D eigenvalue weighted by Gasteiger charge is -2.09. The number of benzene rings is 2. The molecule has 2 rings (SSSR count). The van der Waals surface area contributed by atoms with Gasteiger partial charge in [-0.15, -0.1) is 26.3 Å². The average molecular weight is 461 g/mol. The van der Waals surface area contributed by atoms with E-state index in [2.05, 4.69) is 9.47 Å². The molecular weight excluding hydrogens is 454 g/mol. The van der Waals surface area contributed by atoms with Crippen LogP contribution in [0, 0.1) is 21.7 Å². The Bertz CT molecular complexity index is 974. The normalized spacial score (nSPS) is 11.1. The van der Waals surface area contributed by atoms with E-state index in [9.17, 15) is 54.8 Å². The van der Waals surface area contributed by atoms with Crippen molar-refractivity contribution < 1.29 is 59.1 Å². The Kier molecular flexibility index (Phi) is 8.00. The zero-order valence-corrected chi connectivity index (χ0v) is 14.5. The Morgan fingerprint density at radius 2 is 1.32 bits per heavy atom. The first-order chi connectivity index (χ1) is 14.2. The molecule has 0 bridgehead atoms. The van der Waals surface area contributed by atoms with Gasteiger partial charge < -0.3 is 9.47 Å². The molecule has 0 amide bonds. The molecule has 2 aromatic rings. The molecule has 0 aliphatic heterocycles. The lowest BCUT2D eigenvalue weighted by molar-refractivity contribution is -0.388. The van der Waals surface area contributed by atoms with Crippen LogP contribution in [0.15, 0.2) is 30.3 Å². The van der Waals surface area contributed by atoms with Crippen molar-refractivity contribution in [3.63, 3.8) is 0 Å². The van der Waals surface area contributed by atoms with Crippen LogP contribution in [0.1, 0.15) is 20.7 Å². The minimum atomic E-state index is -5.19. The fourth-order valence-electron chi connectivity index (χ4n) is 1.80. The van der Waals surface area contributed by atoms with Gasteiger partial charge >= 0.3 is 18.4 Å². The number of halogens is 8. The van der Waals surface area contributed by atoms with Crippen LogP contribution in [-0.4, -0.2) is 30.2 Å². The third kappa shape index (κ3) is 8.23. The van der Waals surface area contributed by atoms with Crippen LogP contribution in [0.3, 0.4) is 0 Å². The van der Waals surface area contributed by atoms with Gasteiger partial charge in [-0.05, 0) is 12.1 Å². The predicted octanol–water partition coefficient (Wildman–Crippen LogP) is 4.98. The number of ether oxygens (including phenoxy) is 2. The first kappa shape index (κ1) is 25.3. The van der Waals surface area contributed by atoms with Crippen LogP contribution < -0.4 is 9.47 Å². The molecule has 7 nitrogen and oxygen atoms in total. The maximum atomic E-state index is 13.0. The Morgan fingerprint density at radius 3 is 1.74 bits per heavy atom. The van der Waals surface area contributed by atoms with Crippen LogP contribution in [0.2, 0.25) is 0 Å². The van der Waals surface area contributed by atoms with E-state index in [0.717, 1.165) is 12.1 Å². The average Bonchev–Trinajstić information content (AvgIpc) is 2.59. The summed E-state index contributed by atoms with van der Waals surface area (Å²) < 4.78 is 103.